The molecule has 6 nitrogen and oxygen atoms in total. The van der Waals surface area contributed by atoms with Crippen LogP contribution in [0.15, 0.2) is 18.2 Å². The summed E-state index contributed by atoms with van der Waals surface area (Å²) in [4.78, 5) is 49.9. The first-order chi connectivity index (χ1) is 13.1. The molecule has 9 heteroatoms. The Morgan fingerprint density at radius 2 is 1.72 bits per heavy atom. The largest absolute Gasteiger partial charge is 0.459 e. The summed E-state index contributed by atoms with van der Waals surface area (Å²) >= 11 is 0. The molecule has 0 aromatic heterocycles. The SMILES string of the molecule is CC(C)(C)OC(=O)CNC(=O)C1C(=O)c2c(C(F)(F)F)cccc2C(C)(C)C1=O. The average Bonchev–Trinajstić information content (AvgIpc) is 2.56. The van der Waals surface area contributed by atoms with Crippen molar-refractivity contribution in [1.82, 2.24) is 5.32 Å². The van der Waals surface area contributed by atoms with Gasteiger partial charge in [-0.15, -0.1) is 0 Å². The quantitative estimate of drug-likeness (QED) is 0.608. The third kappa shape index (κ3) is 4.49. The van der Waals surface area contributed by atoms with Crippen LogP contribution in [0.4, 0.5) is 13.2 Å². The van der Waals surface area contributed by atoms with E-state index in [0.717, 1.165) is 12.1 Å². The Bertz CT molecular complexity index is 881. The Balaban J connectivity index is 2.39. The van der Waals surface area contributed by atoms with Crippen molar-refractivity contribution in [2.24, 2.45) is 5.92 Å². The minimum Gasteiger partial charge on any atom is -0.459 e. The first kappa shape index (κ1) is 22.6. The maximum Gasteiger partial charge on any atom is 0.417 e. The minimum atomic E-state index is -4.84. The predicted octanol–water partition coefficient (Wildman–Crippen LogP) is 2.82. The minimum absolute atomic E-state index is 0.0847. The molecule has 1 amide bonds. The van der Waals surface area contributed by atoms with Gasteiger partial charge in [0.05, 0.1) is 11.0 Å². The third-order valence-corrected chi connectivity index (χ3v) is 4.52. The van der Waals surface area contributed by atoms with Crippen LogP contribution < -0.4 is 5.32 Å². The van der Waals surface area contributed by atoms with Crippen LogP contribution in [-0.2, 0) is 30.7 Å². The van der Waals surface area contributed by atoms with Gasteiger partial charge in [0.15, 0.2) is 17.5 Å². The summed E-state index contributed by atoms with van der Waals surface area (Å²) in [6, 6.07) is 3.13. The van der Waals surface area contributed by atoms with Crippen molar-refractivity contribution in [3.63, 3.8) is 0 Å². The topological polar surface area (TPSA) is 89.5 Å². The van der Waals surface area contributed by atoms with Crippen molar-refractivity contribution in [1.29, 1.82) is 0 Å². The van der Waals surface area contributed by atoms with Crippen molar-refractivity contribution in [3.8, 4) is 0 Å². The standard InChI is InChI=1S/C20H22F3NO5/c1-18(2,3)29-12(25)9-24-17(28)14-15(26)13-10(19(4,5)16(14)27)7-6-8-11(13)20(21,22)23/h6-8,14H,9H2,1-5H3,(H,24,28). The normalized spacial score (nSPS) is 18.8. The van der Waals surface area contributed by atoms with E-state index in [4.69, 9.17) is 4.74 Å². The highest BCUT2D eigenvalue weighted by Gasteiger charge is 2.52. The van der Waals surface area contributed by atoms with E-state index in [-0.39, 0.29) is 5.56 Å². The highest BCUT2D eigenvalue weighted by atomic mass is 19.4. The lowest BCUT2D eigenvalue weighted by molar-refractivity contribution is -0.155. The molecule has 1 aromatic carbocycles. The molecule has 1 aliphatic rings. The summed E-state index contributed by atoms with van der Waals surface area (Å²) in [6.45, 7) is 6.92. The van der Waals surface area contributed by atoms with E-state index in [1.54, 1.807) is 20.8 Å². The molecule has 2 rings (SSSR count). The summed E-state index contributed by atoms with van der Waals surface area (Å²) in [5, 5.41) is 2.13. The molecule has 0 saturated heterocycles. The second kappa shape index (κ2) is 7.27. The molecule has 0 bridgehead atoms. The van der Waals surface area contributed by atoms with Crippen LogP contribution >= 0.6 is 0 Å². The highest BCUT2D eigenvalue weighted by Crippen LogP contribution is 2.43. The molecule has 0 radical (unpaired) electrons. The van der Waals surface area contributed by atoms with Crippen LogP contribution in [0.2, 0.25) is 0 Å². The van der Waals surface area contributed by atoms with Crippen LogP contribution in [0.3, 0.4) is 0 Å². The monoisotopic (exact) mass is 413 g/mol. The van der Waals surface area contributed by atoms with E-state index in [1.807, 2.05) is 0 Å². The fourth-order valence-electron chi connectivity index (χ4n) is 3.21. The molecule has 0 heterocycles. The van der Waals surface area contributed by atoms with Gasteiger partial charge in [-0.2, -0.15) is 13.2 Å². The maximum atomic E-state index is 13.4. The summed E-state index contributed by atoms with van der Waals surface area (Å²) in [5.41, 5.74) is -4.30. The van der Waals surface area contributed by atoms with Gasteiger partial charge < -0.3 is 10.1 Å². The van der Waals surface area contributed by atoms with Crippen molar-refractivity contribution >= 4 is 23.4 Å². The molecule has 0 spiro atoms. The van der Waals surface area contributed by atoms with Crippen LogP contribution in [0, 0.1) is 5.92 Å². The molecule has 0 saturated carbocycles. The summed E-state index contributed by atoms with van der Waals surface area (Å²) < 4.78 is 45.3. The molecule has 1 aliphatic carbocycles. The number of ketones is 2. The first-order valence-electron chi connectivity index (χ1n) is 8.86. The zero-order valence-electron chi connectivity index (χ0n) is 16.7. The molecule has 1 aromatic rings. The number of hydrogen-bond acceptors (Lipinski definition) is 5. The van der Waals surface area contributed by atoms with Crippen molar-refractivity contribution in [2.45, 2.75) is 51.8 Å². The number of alkyl halides is 3. The van der Waals surface area contributed by atoms with Gasteiger partial charge in [0.2, 0.25) is 5.91 Å². The number of ether oxygens (including phenoxy) is 1. The predicted molar refractivity (Wildman–Crippen MR) is 96.2 cm³/mol. The van der Waals surface area contributed by atoms with E-state index in [9.17, 15) is 32.3 Å². The number of esters is 1. The van der Waals surface area contributed by atoms with Gasteiger partial charge in [-0.1, -0.05) is 12.1 Å². The Kier molecular flexibility index (Phi) is 5.66. The van der Waals surface area contributed by atoms with Crippen molar-refractivity contribution in [3.05, 3.63) is 34.9 Å². The van der Waals surface area contributed by atoms with Gasteiger partial charge in [-0.3, -0.25) is 19.2 Å². The van der Waals surface area contributed by atoms with Crippen LogP contribution in [0.1, 0.15) is 56.1 Å². The van der Waals surface area contributed by atoms with E-state index >= 15 is 0 Å². The smallest absolute Gasteiger partial charge is 0.417 e. The second-order valence-corrected chi connectivity index (χ2v) is 8.32. The average molecular weight is 413 g/mol. The Labute approximate surface area is 165 Å². The molecule has 1 unspecified atom stereocenters. The summed E-state index contributed by atoms with van der Waals surface area (Å²) in [5.74, 6) is -6.00. The Morgan fingerprint density at radius 3 is 2.24 bits per heavy atom. The lowest BCUT2D eigenvalue weighted by atomic mass is 9.65. The van der Waals surface area contributed by atoms with E-state index in [0.29, 0.717) is 0 Å². The molecule has 29 heavy (non-hydrogen) atoms. The molecular weight excluding hydrogens is 391 g/mol. The molecule has 1 atom stereocenters. The number of rotatable bonds is 3. The Morgan fingerprint density at radius 1 is 1.14 bits per heavy atom. The highest BCUT2D eigenvalue weighted by molar-refractivity contribution is 6.29. The number of amides is 1. The number of benzene rings is 1. The molecule has 0 fully saturated rings. The van der Waals surface area contributed by atoms with Gasteiger partial charge in [0, 0.05) is 5.56 Å². The van der Waals surface area contributed by atoms with E-state index in [1.165, 1.54) is 19.9 Å². The fraction of sp³-hybridized carbons (Fsp3) is 0.500. The van der Waals surface area contributed by atoms with Gasteiger partial charge in [-0.05, 0) is 46.2 Å². The lowest BCUT2D eigenvalue weighted by Gasteiger charge is -2.35. The lowest BCUT2D eigenvalue weighted by Crippen LogP contribution is -2.52. The molecule has 0 aliphatic heterocycles. The molecular formula is C20H22F3NO5. The third-order valence-electron chi connectivity index (χ3n) is 4.52. The maximum absolute atomic E-state index is 13.4. The Hall–Kier alpha value is -2.71. The van der Waals surface area contributed by atoms with Gasteiger partial charge in [0.25, 0.3) is 0 Å². The van der Waals surface area contributed by atoms with Crippen molar-refractivity contribution in [2.75, 3.05) is 6.54 Å². The zero-order valence-corrected chi connectivity index (χ0v) is 16.7. The number of fused-ring (bicyclic) bond motifs is 1. The zero-order chi connectivity index (χ0) is 22.4. The number of carbonyl (C=O) groups excluding carboxylic acids is 4. The van der Waals surface area contributed by atoms with Crippen LogP contribution in [0.5, 0.6) is 0 Å². The van der Waals surface area contributed by atoms with Crippen molar-refractivity contribution < 1.29 is 37.1 Å². The molecule has 1 N–H and O–H groups in total. The van der Waals surface area contributed by atoms with Gasteiger partial charge in [0.1, 0.15) is 12.1 Å². The van der Waals surface area contributed by atoms with E-state index < -0.39 is 64.2 Å². The number of nitrogens with one attached hydrogen (secondary N) is 1. The number of carbonyl (C=O) groups is 4. The van der Waals surface area contributed by atoms with E-state index in [2.05, 4.69) is 5.32 Å². The van der Waals surface area contributed by atoms with Crippen LogP contribution in [0.25, 0.3) is 0 Å². The molecule has 158 valence electrons. The number of halogens is 3. The second-order valence-electron chi connectivity index (χ2n) is 8.32. The summed E-state index contributed by atoms with van der Waals surface area (Å²) in [7, 11) is 0. The first-order valence-corrected chi connectivity index (χ1v) is 8.86. The fourth-order valence-corrected chi connectivity index (χ4v) is 3.21. The van der Waals surface area contributed by atoms with Gasteiger partial charge >= 0.3 is 12.1 Å². The number of Topliss-reactive ketones (excluding diaryl/α,β-unsaturated/α-hetero) is 2. The van der Waals surface area contributed by atoms with Gasteiger partial charge in [-0.25, -0.2) is 0 Å². The van der Waals surface area contributed by atoms with Crippen LogP contribution in [-0.4, -0.2) is 35.6 Å². The summed E-state index contributed by atoms with van der Waals surface area (Å²) in [6.07, 6.45) is -4.84. The number of hydrogen-bond donors (Lipinski definition) is 1.